The lowest BCUT2D eigenvalue weighted by Gasteiger charge is -2.37. The quantitative estimate of drug-likeness (QED) is 0.437. The summed E-state index contributed by atoms with van der Waals surface area (Å²) >= 11 is 4.60. The first kappa shape index (κ1) is 20.6. The molecule has 1 N–H and O–H groups in total. The molecule has 1 aliphatic rings. The van der Waals surface area contributed by atoms with Gasteiger partial charge in [-0.1, -0.05) is 66.7 Å². The number of thiol groups is 1. The predicted octanol–water partition coefficient (Wildman–Crippen LogP) is 4.84. The van der Waals surface area contributed by atoms with Crippen LogP contribution in [0.3, 0.4) is 0 Å². The molecule has 2 heterocycles. The molecule has 0 spiro atoms. The molecule has 0 saturated heterocycles. The zero-order valence-electron chi connectivity index (χ0n) is 17.5. The van der Waals surface area contributed by atoms with Crippen LogP contribution in [0.2, 0.25) is 0 Å². The highest BCUT2D eigenvalue weighted by molar-refractivity contribution is 7.84. The van der Waals surface area contributed by atoms with E-state index in [1.165, 1.54) is 0 Å². The van der Waals surface area contributed by atoms with Gasteiger partial charge in [0.25, 0.3) is 5.91 Å². The SMILES string of the molecule is N#CC1=C(S)N(c2ccccc2)C(c2cn(-c3ccccc3)nc2-c2ccccc2)NC1=O. The highest BCUT2D eigenvalue weighted by Crippen LogP contribution is 2.39. The molecule has 1 aromatic heterocycles. The molecule has 4 aromatic rings. The van der Waals surface area contributed by atoms with E-state index in [1.54, 1.807) is 4.68 Å². The van der Waals surface area contributed by atoms with Crippen LogP contribution >= 0.6 is 12.6 Å². The molecule has 5 rings (SSSR count). The van der Waals surface area contributed by atoms with Crippen LogP contribution in [-0.4, -0.2) is 15.7 Å². The van der Waals surface area contributed by atoms with E-state index >= 15 is 0 Å². The molecule has 0 fully saturated rings. The maximum Gasteiger partial charge on any atom is 0.266 e. The number of nitrogens with zero attached hydrogens (tertiary/aromatic N) is 4. The van der Waals surface area contributed by atoms with Crippen molar-refractivity contribution in [3.63, 3.8) is 0 Å². The first-order valence-corrected chi connectivity index (χ1v) is 10.8. The summed E-state index contributed by atoms with van der Waals surface area (Å²) in [6.45, 7) is 0. The Balaban J connectivity index is 1.73. The van der Waals surface area contributed by atoms with Gasteiger partial charge in [0.2, 0.25) is 0 Å². The summed E-state index contributed by atoms with van der Waals surface area (Å²) in [5.41, 5.74) is 4.09. The van der Waals surface area contributed by atoms with E-state index in [0.29, 0.717) is 5.03 Å². The Labute approximate surface area is 196 Å². The molecule has 1 amide bonds. The molecule has 0 radical (unpaired) electrons. The van der Waals surface area contributed by atoms with Gasteiger partial charge in [0, 0.05) is 23.0 Å². The number of hydrogen-bond acceptors (Lipinski definition) is 5. The van der Waals surface area contributed by atoms with Crippen LogP contribution in [0.15, 0.2) is 108 Å². The third-order valence-electron chi connectivity index (χ3n) is 5.46. The van der Waals surface area contributed by atoms with Gasteiger partial charge in [0.1, 0.15) is 17.8 Å². The number of amides is 1. The van der Waals surface area contributed by atoms with Crippen LogP contribution in [-0.2, 0) is 4.79 Å². The maximum absolute atomic E-state index is 12.8. The van der Waals surface area contributed by atoms with E-state index in [4.69, 9.17) is 5.10 Å². The Morgan fingerprint density at radius 3 is 2.06 bits per heavy atom. The summed E-state index contributed by atoms with van der Waals surface area (Å²) < 4.78 is 1.80. The molecule has 160 valence electrons. The lowest BCUT2D eigenvalue weighted by molar-refractivity contribution is -0.118. The topological polar surface area (TPSA) is 74.0 Å². The first-order chi connectivity index (χ1) is 16.2. The van der Waals surface area contributed by atoms with Gasteiger partial charge in [-0.05, 0) is 24.3 Å². The smallest absolute Gasteiger partial charge is 0.266 e. The van der Waals surface area contributed by atoms with E-state index in [-0.39, 0.29) is 5.57 Å². The fourth-order valence-corrected chi connectivity index (χ4v) is 4.29. The van der Waals surface area contributed by atoms with Gasteiger partial charge in [-0.25, -0.2) is 4.68 Å². The summed E-state index contributed by atoms with van der Waals surface area (Å²) in [5.74, 6) is -0.467. The van der Waals surface area contributed by atoms with Crippen LogP contribution in [0.1, 0.15) is 11.7 Å². The number of benzene rings is 3. The van der Waals surface area contributed by atoms with Gasteiger partial charge in [0.05, 0.1) is 16.4 Å². The normalized spacial score (nSPS) is 15.8. The van der Waals surface area contributed by atoms with Crippen molar-refractivity contribution >= 4 is 24.2 Å². The van der Waals surface area contributed by atoms with Crippen molar-refractivity contribution in [2.75, 3.05) is 4.90 Å². The van der Waals surface area contributed by atoms with Gasteiger partial charge in [-0.3, -0.25) is 4.79 Å². The number of carbonyl (C=O) groups excluding carboxylic acids is 1. The monoisotopic (exact) mass is 449 g/mol. The maximum atomic E-state index is 12.8. The molecule has 0 bridgehead atoms. The Hall–Kier alpha value is -4.28. The number of aromatic nitrogens is 2. The van der Waals surface area contributed by atoms with Crippen molar-refractivity contribution in [1.29, 1.82) is 5.26 Å². The molecule has 1 unspecified atom stereocenters. The first-order valence-electron chi connectivity index (χ1n) is 10.4. The van der Waals surface area contributed by atoms with Crippen molar-refractivity contribution in [1.82, 2.24) is 15.1 Å². The van der Waals surface area contributed by atoms with E-state index in [0.717, 1.165) is 28.2 Å². The standard InChI is InChI=1S/C26H19N5OS/c27-16-21-25(32)28-24(31(26(21)33)20-14-8-3-9-15-20)22-17-30(19-12-6-2-7-13-19)29-23(22)18-10-4-1-5-11-18/h1-15,17,24,33H,(H,28,32). The van der Waals surface area contributed by atoms with Crippen LogP contribution in [0.25, 0.3) is 16.9 Å². The lowest BCUT2D eigenvalue weighted by Crippen LogP contribution is -2.46. The van der Waals surface area contributed by atoms with Gasteiger partial charge >= 0.3 is 0 Å². The zero-order chi connectivity index (χ0) is 22.8. The second-order valence-electron chi connectivity index (χ2n) is 7.47. The summed E-state index contributed by atoms with van der Waals surface area (Å²) in [7, 11) is 0. The number of nitriles is 1. The summed E-state index contributed by atoms with van der Waals surface area (Å²) in [5, 5.41) is 17.7. The molecule has 7 heteroatoms. The average molecular weight is 450 g/mol. The summed E-state index contributed by atoms with van der Waals surface area (Å²) in [6, 6.07) is 31.1. The molecule has 1 aliphatic heterocycles. The Morgan fingerprint density at radius 2 is 1.45 bits per heavy atom. The molecule has 3 aromatic carbocycles. The molecular weight excluding hydrogens is 430 g/mol. The fraction of sp³-hybridized carbons (Fsp3) is 0.0385. The number of carbonyl (C=O) groups is 1. The predicted molar refractivity (Wildman–Crippen MR) is 130 cm³/mol. The van der Waals surface area contributed by atoms with E-state index in [2.05, 4.69) is 17.9 Å². The average Bonchev–Trinajstić information content (AvgIpc) is 3.31. The van der Waals surface area contributed by atoms with Gasteiger partial charge in [-0.2, -0.15) is 10.4 Å². The van der Waals surface area contributed by atoms with Crippen LogP contribution < -0.4 is 10.2 Å². The van der Waals surface area contributed by atoms with Crippen molar-refractivity contribution in [3.8, 4) is 23.0 Å². The van der Waals surface area contributed by atoms with Crippen LogP contribution in [0, 0.1) is 11.3 Å². The minimum absolute atomic E-state index is 0.0323. The van der Waals surface area contributed by atoms with Crippen molar-refractivity contribution in [2.45, 2.75) is 6.17 Å². The number of hydrogen-bond donors (Lipinski definition) is 2. The van der Waals surface area contributed by atoms with Crippen molar-refractivity contribution < 1.29 is 4.79 Å². The Kier molecular flexibility index (Phi) is 5.43. The highest BCUT2D eigenvalue weighted by atomic mass is 32.1. The van der Waals surface area contributed by atoms with Crippen molar-refractivity contribution in [3.05, 3.63) is 113 Å². The summed E-state index contributed by atoms with van der Waals surface area (Å²) in [4.78, 5) is 14.7. The van der Waals surface area contributed by atoms with Crippen LogP contribution in [0.4, 0.5) is 5.69 Å². The molecule has 33 heavy (non-hydrogen) atoms. The highest BCUT2D eigenvalue weighted by Gasteiger charge is 2.36. The number of anilines is 1. The summed E-state index contributed by atoms with van der Waals surface area (Å²) in [6.07, 6.45) is 1.30. The van der Waals surface area contributed by atoms with E-state index < -0.39 is 12.1 Å². The Morgan fingerprint density at radius 1 is 0.879 bits per heavy atom. The Bertz CT molecular complexity index is 1370. The molecule has 0 aliphatic carbocycles. The fourth-order valence-electron chi connectivity index (χ4n) is 3.90. The van der Waals surface area contributed by atoms with Crippen LogP contribution in [0.5, 0.6) is 0 Å². The van der Waals surface area contributed by atoms with Gasteiger partial charge in [-0.15, -0.1) is 12.6 Å². The second kappa shape index (κ2) is 8.69. The minimum atomic E-state index is -0.614. The third kappa shape index (κ3) is 3.77. The zero-order valence-corrected chi connectivity index (χ0v) is 18.4. The van der Waals surface area contributed by atoms with Gasteiger partial charge in [0.15, 0.2) is 0 Å². The van der Waals surface area contributed by atoms with Gasteiger partial charge < -0.3 is 10.2 Å². The molecule has 6 nitrogen and oxygen atoms in total. The number of para-hydroxylation sites is 2. The minimum Gasteiger partial charge on any atom is -0.327 e. The number of nitrogens with one attached hydrogen (secondary N) is 1. The largest absolute Gasteiger partial charge is 0.327 e. The second-order valence-corrected chi connectivity index (χ2v) is 7.89. The molecule has 1 atom stereocenters. The van der Waals surface area contributed by atoms with E-state index in [1.807, 2.05) is 108 Å². The number of rotatable bonds is 4. The van der Waals surface area contributed by atoms with E-state index in [9.17, 15) is 10.1 Å². The molecule has 0 saturated carbocycles. The third-order valence-corrected chi connectivity index (χ3v) is 5.90. The van der Waals surface area contributed by atoms with Crippen molar-refractivity contribution in [2.24, 2.45) is 0 Å². The lowest BCUT2D eigenvalue weighted by atomic mass is 10.0. The molecular formula is C26H19N5OS.